The maximum atomic E-state index is 12.8. The maximum Gasteiger partial charge on any atom is 0.368 e. The standard InChI is InChI=1S/C27H43O4P/c1-3-5-6-7-8-9-10-11-12-13-14-15-18-24-29-32(28,4-2)31-30-27-23-19-21-25-20-16-17-22-26(25)27/h16-17,19-23H,3-15,18,24H2,1-2H3. The summed E-state index contributed by atoms with van der Waals surface area (Å²) in [5, 5.41) is 1.97. The van der Waals surface area contributed by atoms with Crippen LogP contribution in [0.5, 0.6) is 5.75 Å². The Morgan fingerprint density at radius 3 is 1.88 bits per heavy atom. The third-order valence-electron chi connectivity index (χ3n) is 5.91. The van der Waals surface area contributed by atoms with Gasteiger partial charge in [0.15, 0.2) is 5.75 Å². The van der Waals surface area contributed by atoms with Gasteiger partial charge >= 0.3 is 7.60 Å². The largest absolute Gasteiger partial charge is 0.368 e. The third kappa shape index (κ3) is 10.5. The summed E-state index contributed by atoms with van der Waals surface area (Å²) < 4.78 is 23.8. The van der Waals surface area contributed by atoms with E-state index in [2.05, 4.69) is 6.92 Å². The molecular weight excluding hydrogens is 419 g/mol. The highest BCUT2D eigenvalue weighted by Gasteiger charge is 2.24. The van der Waals surface area contributed by atoms with Crippen LogP contribution in [-0.4, -0.2) is 12.8 Å². The highest BCUT2D eigenvalue weighted by molar-refractivity contribution is 7.53. The van der Waals surface area contributed by atoms with Crippen molar-refractivity contribution in [3.8, 4) is 5.75 Å². The second kappa shape index (κ2) is 16.3. The lowest BCUT2D eigenvalue weighted by Crippen LogP contribution is -2.03. The molecule has 4 nitrogen and oxygen atoms in total. The van der Waals surface area contributed by atoms with Gasteiger partial charge < -0.3 is 9.41 Å². The molecule has 5 heteroatoms. The minimum atomic E-state index is -3.25. The van der Waals surface area contributed by atoms with Crippen molar-refractivity contribution < 1.29 is 18.7 Å². The fourth-order valence-corrected chi connectivity index (χ4v) is 4.79. The molecule has 0 N–H and O–H groups in total. The number of benzene rings is 2. The first kappa shape index (κ1) is 26.9. The van der Waals surface area contributed by atoms with Gasteiger partial charge in [0.25, 0.3) is 0 Å². The lowest BCUT2D eigenvalue weighted by molar-refractivity contribution is -0.111. The van der Waals surface area contributed by atoms with Gasteiger partial charge in [-0.1, -0.05) is 132 Å². The maximum absolute atomic E-state index is 12.8. The summed E-state index contributed by atoms with van der Waals surface area (Å²) in [5.41, 5.74) is 0. The van der Waals surface area contributed by atoms with Crippen LogP contribution in [0.1, 0.15) is 97.3 Å². The molecule has 1 unspecified atom stereocenters. The molecule has 1 atom stereocenters. The van der Waals surface area contributed by atoms with Crippen molar-refractivity contribution in [2.45, 2.75) is 97.3 Å². The van der Waals surface area contributed by atoms with Gasteiger partial charge in [-0.15, -0.1) is 0 Å². The van der Waals surface area contributed by atoms with Crippen molar-refractivity contribution in [3.05, 3.63) is 42.5 Å². The van der Waals surface area contributed by atoms with Crippen molar-refractivity contribution in [1.82, 2.24) is 0 Å². The number of unbranched alkanes of at least 4 members (excludes halogenated alkanes) is 12. The van der Waals surface area contributed by atoms with E-state index < -0.39 is 7.60 Å². The molecular formula is C27H43O4P. The molecule has 0 saturated heterocycles. The van der Waals surface area contributed by atoms with E-state index in [-0.39, 0.29) is 6.16 Å². The Hall–Kier alpha value is -1.35. The zero-order valence-electron chi connectivity index (χ0n) is 20.2. The van der Waals surface area contributed by atoms with E-state index in [1.165, 1.54) is 70.6 Å². The van der Waals surface area contributed by atoms with Crippen LogP contribution in [0.15, 0.2) is 42.5 Å². The van der Waals surface area contributed by atoms with Gasteiger partial charge in [-0.2, -0.15) is 0 Å². The van der Waals surface area contributed by atoms with Crippen LogP contribution in [0, 0.1) is 0 Å². The first-order valence-electron chi connectivity index (χ1n) is 12.8. The summed E-state index contributed by atoms with van der Waals surface area (Å²) in [6.45, 7) is 4.52. The highest BCUT2D eigenvalue weighted by Crippen LogP contribution is 2.48. The number of fused-ring (bicyclic) bond motifs is 1. The van der Waals surface area contributed by atoms with E-state index in [4.69, 9.17) is 14.1 Å². The van der Waals surface area contributed by atoms with Crippen molar-refractivity contribution in [1.29, 1.82) is 0 Å². The molecule has 2 aromatic carbocycles. The smallest absolute Gasteiger partial charge is 0.328 e. The molecule has 0 amide bonds. The van der Waals surface area contributed by atoms with Crippen molar-refractivity contribution in [2.24, 2.45) is 0 Å². The lowest BCUT2D eigenvalue weighted by atomic mass is 10.0. The molecule has 0 spiro atoms. The molecule has 0 aliphatic carbocycles. The quantitative estimate of drug-likeness (QED) is 0.0902. The van der Waals surface area contributed by atoms with Crippen LogP contribution < -0.4 is 4.89 Å². The van der Waals surface area contributed by atoms with Gasteiger partial charge in [0.05, 0.1) is 12.8 Å². The molecule has 32 heavy (non-hydrogen) atoms. The average Bonchev–Trinajstić information content (AvgIpc) is 2.83. The van der Waals surface area contributed by atoms with E-state index in [0.29, 0.717) is 12.4 Å². The predicted molar refractivity (Wildman–Crippen MR) is 135 cm³/mol. The van der Waals surface area contributed by atoms with E-state index in [0.717, 1.165) is 23.6 Å². The molecule has 180 valence electrons. The van der Waals surface area contributed by atoms with Crippen LogP contribution in [0.2, 0.25) is 0 Å². The van der Waals surface area contributed by atoms with Gasteiger partial charge in [0.1, 0.15) is 0 Å². The number of rotatable bonds is 19. The summed E-state index contributed by atoms with van der Waals surface area (Å²) >= 11 is 0. The first-order valence-corrected chi connectivity index (χ1v) is 14.5. The number of hydrogen-bond donors (Lipinski definition) is 0. The summed E-state index contributed by atoms with van der Waals surface area (Å²) in [7, 11) is -3.25. The zero-order chi connectivity index (χ0) is 22.9. The van der Waals surface area contributed by atoms with Gasteiger partial charge in [-0.3, -0.25) is 4.57 Å². The van der Waals surface area contributed by atoms with Crippen molar-refractivity contribution in [2.75, 3.05) is 12.8 Å². The third-order valence-corrected chi connectivity index (χ3v) is 7.57. The molecule has 0 bridgehead atoms. The minimum Gasteiger partial charge on any atom is -0.328 e. The average molecular weight is 463 g/mol. The predicted octanol–water partition coefficient (Wildman–Crippen LogP) is 9.47. The van der Waals surface area contributed by atoms with Crippen LogP contribution >= 0.6 is 7.60 Å². The van der Waals surface area contributed by atoms with Crippen molar-refractivity contribution in [3.63, 3.8) is 0 Å². The van der Waals surface area contributed by atoms with E-state index in [9.17, 15) is 4.57 Å². The van der Waals surface area contributed by atoms with Crippen LogP contribution in [0.25, 0.3) is 10.8 Å². The first-order chi connectivity index (χ1) is 15.7. The summed E-state index contributed by atoms with van der Waals surface area (Å²) in [6, 6.07) is 13.6. The molecule has 0 fully saturated rings. The molecule has 2 aromatic rings. The Morgan fingerprint density at radius 1 is 0.688 bits per heavy atom. The van der Waals surface area contributed by atoms with Gasteiger partial charge in [0.2, 0.25) is 0 Å². The molecule has 0 saturated carbocycles. The Kier molecular flexibility index (Phi) is 13.7. The minimum absolute atomic E-state index is 0.288. The second-order valence-electron chi connectivity index (χ2n) is 8.64. The summed E-state index contributed by atoms with van der Waals surface area (Å²) in [6.07, 6.45) is 17.2. The SMILES string of the molecule is CCCCCCCCCCCCCCCOP(=O)(CC)OOc1cccc2ccccc12. The highest BCUT2D eigenvalue weighted by atomic mass is 31.2. The fraction of sp³-hybridized carbons (Fsp3) is 0.630. The molecule has 0 radical (unpaired) electrons. The van der Waals surface area contributed by atoms with E-state index >= 15 is 0 Å². The zero-order valence-corrected chi connectivity index (χ0v) is 21.1. The lowest BCUT2D eigenvalue weighted by Gasteiger charge is -2.16. The Bertz CT molecular complexity index is 787. The summed E-state index contributed by atoms with van der Waals surface area (Å²) in [4.78, 5) is 5.46. The van der Waals surface area contributed by atoms with E-state index in [1.807, 2.05) is 42.5 Å². The normalized spacial score (nSPS) is 13.3. The Labute approximate surface area is 195 Å². The molecule has 2 rings (SSSR count). The van der Waals surface area contributed by atoms with Crippen LogP contribution in [0.3, 0.4) is 0 Å². The Morgan fingerprint density at radius 2 is 1.25 bits per heavy atom. The van der Waals surface area contributed by atoms with Gasteiger partial charge in [-0.25, -0.2) is 0 Å². The molecule has 0 heterocycles. The Balaban J connectivity index is 1.53. The van der Waals surface area contributed by atoms with Gasteiger partial charge in [0, 0.05) is 5.39 Å². The molecule has 0 aliphatic heterocycles. The fourth-order valence-electron chi connectivity index (χ4n) is 3.85. The van der Waals surface area contributed by atoms with Crippen molar-refractivity contribution >= 4 is 18.4 Å². The van der Waals surface area contributed by atoms with Gasteiger partial charge in [-0.05, 0) is 17.9 Å². The van der Waals surface area contributed by atoms with E-state index in [1.54, 1.807) is 6.92 Å². The summed E-state index contributed by atoms with van der Waals surface area (Å²) in [5.74, 6) is 0.557. The molecule has 0 aromatic heterocycles. The monoisotopic (exact) mass is 462 g/mol. The van der Waals surface area contributed by atoms with Crippen LogP contribution in [-0.2, 0) is 13.8 Å². The topological polar surface area (TPSA) is 44.8 Å². The van der Waals surface area contributed by atoms with Crippen LogP contribution in [0.4, 0.5) is 0 Å². The molecule has 0 aliphatic rings. The second-order valence-corrected chi connectivity index (χ2v) is 10.9. The number of hydrogen-bond acceptors (Lipinski definition) is 4.